The molecule has 1 unspecified atom stereocenters. The Morgan fingerprint density at radius 1 is 1.89 bits per heavy atom. The van der Waals surface area contributed by atoms with Crippen LogP contribution in [0.15, 0.2) is 0 Å². The van der Waals surface area contributed by atoms with Gasteiger partial charge in [-0.25, -0.2) is 0 Å². The predicted molar refractivity (Wildman–Crippen MR) is 34.8 cm³/mol. The lowest BCUT2D eigenvalue weighted by Gasteiger charge is -2.15. The van der Waals surface area contributed by atoms with Crippen molar-refractivity contribution in [2.75, 3.05) is 0 Å². The van der Waals surface area contributed by atoms with Crippen molar-refractivity contribution in [2.45, 2.75) is 25.4 Å². The van der Waals surface area contributed by atoms with Crippen molar-refractivity contribution in [2.24, 2.45) is 0 Å². The Labute approximate surface area is 54.9 Å². The molecule has 0 amide bonds. The van der Waals surface area contributed by atoms with Crippen molar-refractivity contribution in [3.63, 3.8) is 0 Å². The minimum Gasteiger partial charge on any atom is -0.389 e. The summed E-state index contributed by atoms with van der Waals surface area (Å²) in [5.74, 6) is 2.28. The number of rotatable bonds is 3. The zero-order valence-electron chi connectivity index (χ0n) is 5.42. The fraction of sp³-hybridized carbons (Fsp3) is 0.571. The maximum atomic E-state index is 9.87. The Hall–Kier alpha value is -0.810. The third-order valence-electron chi connectivity index (χ3n) is 1.01. The maximum Gasteiger partial charge on any atom is 0.122 e. The molecule has 9 heavy (non-hydrogen) atoms. The molecule has 0 fully saturated rings. The number of aliphatic hydroxyl groups is 1. The normalized spacial score (nSPS) is 15.7. The summed E-state index contributed by atoms with van der Waals surface area (Å²) in [5, 5.41) is 9.14. The molecule has 0 aromatic heterocycles. The Bertz CT molecular complexity index is 130. The highest BCUT2D eigenvalue weighted by Crippen LogP contribution is 2.10. The van der Waals surface area contributed by atoms with Crippen LogP contribution in [-0.2, 0) is 4.79 Å². The van der Waals surface area contributed by atoms with Gasteiger partial charge in [-0.15, -0.1) is 12.3 Å². The SMILES string of the molecule is C#CCC(C)(O)CC=O. The van der Waals surface area contributed by atoms with Crippen LogP contribution in [0.1, 0.15) is 19.8 Å². The highest BCUT2D eigenvalue weighted by molar-refractivity contribution is 5.51. The molecule has 50 valence electrons. The van der Waals surface area contributed by atoms with Crippen molar-refractivity contribution < 1.29 is 9.90 Å². The van der Waals surface area contributed by atoms with Gasteiger partial charge in [0.2, 0.25) is 0 Å². The van der Waals surface area contributed by atoms with E-state index >= 15 is 0 Å². The van der Waals surface area contributed by atoms with Crippen LogP contribution in [-0.4, -0.2) is 17.0 Å². The monoisotopic (exact) mass is 126 g/mol. The van der Waals surface area contributed by atoms with Gasteiger partial charge < -0.3 is 9.90 Å². The van der Waals surface area contributed by atoms with Gasteiger partial charge >= 0.3 is 0 Å². The van der Waals surface area contributed by atoms with Gasteiger partial charge in [0, 0.05) is 12.8 Å². The molecule has 0 rings (SSSR count). The van der Waals surface area contributed by atoms with Gasteiger partial charge in [-0.1, -0.05) is 0 Å². The van der Waals surface area contributed by atoms with Gasteiger partial charge in [-0.2, -0.15) is 0 Å². The van der Waals surface area contributed by atoms with E-state index in [0.29, 0.717) is 6.29 Å². The molecule has 0 heterocycles. The largest absolute Gasteiger partial charge is 0.389 e. The zero-order valence-corrected chi connectivity index (χ0v) is 5.42. The van der Waals surface area contributed by atoms with Gasteiger partial charge in [-0.3, -0.25) is 0 Å². The van der Waals surface area contributed by atoms with E-state index in [-0.39, 0.29) is 12.8 Å². The summed E-state index contributed by atoms with van der Waals surface area (Å²) in [6, 6.07) is 0. The molecule has 0 radical (unpaired) electrons. The van der Waals surface area contributed by atoms with E-state index < -0.39 is 5.60 Å². The molecule has 0 saturated heterocycles. The highest BCUT2D eigenvalue weighted by Gasteiger charge is 2.17. The second-order valence-electron chi connectivity index (χ2n) is 2.25. The molecule has 2 heteroatoms. The van der Waals surface area contributed by atoms with E-state index in [9.17, 15) is 4.79 Å². The van der Waals surface area contributed by atoms with Gasteiger partial charge in [0.05, 0.1) is 5.60 Å². The first-order valence-corrected chi connectivity index (χ1v) is 2.72. The van der Waals surface area contributed by atoms with Crippen LogP contribution in [0.3, 0.4) is 0 Å². The third-order valence-corrected chi connectivity index (χ3v) is 1.01. The molecule has 0 aliphatic heterocycles. The molecule has 0 aromatic rings. The van der Waals surface area contributed by atoms with Crippen LogP contribution in [0, 0.1) is 12.3 Å². The Kier molecular flexibility index (Phi) is 2.97. The number of carbonyl (C=O) groups is 1. The van der Waals surface area contributed by atoms with Crippen LogP contribution in [0.2, 0.25) is 0 Å². The molecule has 0 aliphatic rings. The van der Waals surface area contributed by atoms with E-state index in [1.54, 1.807) is 6.92 Å². The Morgan fingerprint density at radius 2 is 2.44 bits per heavy atom. The van der Waals surface area contributed by atoms with Gasteiger partial charge in [-0.05, 0) is 6.92 Å². The van der Waals surface area contributed by atoms with Crippen LogP contribution in [0.4, 0.5) is 0 Å². The van der Waals surface area contributed by atoms with Crippen molar-refractivity contribution in [3.05, 3.63) is 0 Å². The summed E-state index contributed by atoms with van der Waals surface area (Å²) in [6.07, 6.45) is 5.92. The molecule has 0 spiro atoms. The van der Waals surface area contributed by atoms with E-state index in [1.807, 2.05) is 0 Å². The maximum absolute atomic E-state index is 9.87. The van der Waals surface area contributed by atoms with Crippen molar-refractivity contribution in [1.82, 2.24) is 0 Å². The molecule has 1 N–H and O–H groups in total. The molecular formula is C7H10O2. The van der Waals surface area contributed by atoms with Crippen molar-refractivity contribution in [1.29, 1.82) is 0 Å². The Balaban J connectivity index is 3.73. The number of carbonyl (C=O) groups excluding carboxylic acids is 1. The fourth-order valence-electron chi connectivity index (χ4n) is 0.472. The van der Waals surface area contributed by atoms with Gasteiger partial charge in [0.1, 0.15) is 6.29 Å². The standard InChI is InChI=1S/C7H10O2/c1-3-4-7(2,9)5-6-8/h1,6,9H,4-5H2,2H3. The summed E-state index contributed by atoms with van der Waals surface area (Å²) in [4.78, 5) is 9.87. The van der Waals surface area contributed by atoms with Crippen LogP contribution in [0.25, 0.3) is 0 Å². The minimum atomic E-state index is -1.00. The smallest absolute Gasteiger partial charge is 0.122 e. The van der Waals surface area contributed by atoms with Gasteiger partial charge in [0.15, 0.2) is 0 Å². The van der Waals surface area contributed by atoms with Crippen molar-refractivity contribution in [3.8, 4) is 12.3 Å². The fourth-order valence-corrected chi connectivity index (χ4v) is 0.472. The lowest BCUT2D eigenvalue weighted by molar-refractivity contribution is -0.111. The van der Waals surface area contributed by atoms with Crippen molar-refractivity contribution >= 4 is 6.29 Å². The van der Waals surface area contributed by atoms with E-state index in [4.69, 9.17) is 11.5 Å². The summed E-state index contributed by atoms with van der Waals surface area (Å²) in [7, 11) is 0. The van der Waals surface area contributed by atoms with Crippen LogP contribution < -0.4 is 0 Å². The number of hydrogen-bond donors (Lipinski definition) is 1. The highest BCUT2D eigenvalue weighted by atomic mass is 16.3. The first-order valence-electron chi connectivity index (χ1n) is 2.72. The van der Waals surface area contributed by atoms with Gasteiger partial charge in [0.25, 0.3) is 0 Å². The summed E-state index contributed by atoms with van der Waals surface area (Å²) in [6.45, 7) is 1.54. The first-order chi connectivity index (χ1) is 4.12. The summed E-state index contributed by atoms with van der Waals surface area (Å²) >= 11 is 0. The first kappa shape index (κ1) is 8.19. The number of hydrogen-bond acceptors (Lipinski definition) is 2. The average molecular weight is 126 g/mol. The van der Waals surface area contributed by atoms with E-state index in [2.05, 4.69) is 5.92 Å². The molecule has 0 aliphatic carbocycles. The quantitative estimate of drug-likeness (QED) is 0.437. The second-order valence-corrected chi connectivity index (χ2v) is 2.25. The predicted octanol–water partition coefficient (Wildman–Crippen LogP) is 0.350. The average Bonchev–Trinajstić information content (AvgIpc) is 1.64. The summed E-state index contributed by atoms with van der Waals surface area (Å²) in [5.41, 5.74) is -1.00. The molecular weight excluding hydrogens is 116 g/mol. The number of terminal acetylenes is 1. The molecule has 2 nitrogen and oxygen atoms in total. The summed E-state index contributed by atoms with van der Waals surface area (Å²) < 4.78 is 0. The number of aldehydes is 1. The van der Waals surface area contributed by atoms with E-state index in [0.717, 1.165) is 0 Å². The zero-order chi connectivity index (χ0) is 7.33. The molecule has 0 saturated carbocycles. The minimum absolute atomic E-state index is 0.108. The lowest BCUT2D eigenvalue weighted by Crippen LogP contribution is -2.23. The Morgan fingerprint density at radius 3 is 2.78 bits per heavy atom. The van der Waals surface area contributed by atoms with E-state index in [1.165, 1.54) is 0 Å². The lowest BCUT2D eigenvalue weighted by atomic mass is 10.00. The topological polar surface area (TPSA) is 37.3 Å². The van der Waals surface area contributed by atoms with Crippen LogP contribution >= 0.6 is 0 Å². The molecule has 0 aromatic carbocycles. The van der Waals surface area contributed by atoms with Crippen LogP contribution in [0.5, 0.6) is 0 Å². The molecule has 0 bridgehead atoms. The molecule has 1 atom stereocenters. The third kappa shape index (κ3) is 3.75. The second kappa shape index (κ2) is 3.26.